The van der Waals surface area contributed by atoms with Crippen LogP contribution in [0.1, 0.15) is 22.9 Å². The molecule has 3 aromatic rings. The molecule has 2 fully saturated rings. The summed E-state index contributed by atoms with van der Waals surface area (Å²) in [6.07, 6.45) is 3.84. The van der Waals surface area contributed by atoms with Crippen molar-refractivity contribution in [1.82, 2.24) is 19.8 Å². The molecular formula is C25H26N4O2. The molecule has 0 unspecified atom stereocenters. The topological polar surface area (TPSA) is 69.6 Å². The normalized spacial score (nSPS) is 22.0. The second-order valence-electron chi connectivity index (χ2n) is 8.44. The fourth-order valence-electron chi connectivity index (χ4n) is 5.24. The molecule has 0 bridgehead atoms. The molecule has 0 radical (unpaired) electrons. The van der Waals surface area contributed by atoms with E-state index in [-0.39, 0.29) is 30.0 Å². The molecule has 2 aliphatic heterocycles. The Morgan fingerprint density at radius 3 is 2.19 bits per heavy atom. The van der Waals surface area contributed by atoms with E-state index in [0.717, 1.165) is 11.4 Å². The number of nitrogens with zero attached hydrogens (tertiary/aromatic N) is 4. The lowest BCUT2D eigenvalue weighted by molar-refractivity contribution is -0.200. The molecule has 2 aromatic heterocycles. The Hall–Kier alpha value is -3.09. The van der Waals surface area contributed by atoms with E-state index in [2.05, 4.69) is 27.0 Å². The van der Waals surface area contributed by atoms with Gasteiger partial charge in [0.1, 0.15) is 0 Å². The maximum Gasteiger partial charge on any atom is 0.228 e. The van der Waals surface area contributed by atoms with Gasteiger partial charge >= 0.3 is 0 Å². The first-order valence-electron chi connectivity index (χ1n) is 10.7. The van der Waals surface area contributed by atoms with Crippen LogP contribution in [0.25, 0.3) is 0 Å². The Kier molecular flexibility index (Phi) is 5.26. The summed E-state index contributed by atoms with van der Waals surface area (Å²) in [7, 11) is 0. The van der Waals surface area contributed by atoms with Crippen LogP contribution >= 0.6 is 0 Å². The molecule has 1 spiro atoms. The summed E-state index contributed by atoms with van der Waals surface area (Å²) in [5.41, 5.74) is 2.81. The fraction of sp³-hybridized carbons (Fsp3) is 0.320. The van der Waals surface area contributed by atoms with Gasteiger partial charge in [-0.25, -0.2) is 0 Å². The lowest BCUT2D eigenvalue weighted by Crippen LogP contribution is -2.84. The van der Waals surface area contributed by atoms with E-state index in [1.165, 1.54) is 5.56 Å². The molecule has 5 rings (SSSR count). The zero-order valence-corrected chi connectivity index (χ0v) is 17.3. The third kappa shape index (κ3) is 3.52. The molecule has 2 saturated heterocycles. The molecule has 2 aliphatic rings. The molecule has 31 heavy (non-hydrogen) atoms. The zero-order chi connectivity index (χ0) is 21.3. The first-order chi connectivity index (χ1) is 15.2. The lowest BCUT2D eigenvalue weighted by atomic mass is 9.60. The Morgan fingerprint density at radius 2 is 1.58 bits per heavy atom. The molecule has 0 aliphatic carbocycles. The highest BCUT2D eigenvalue weighted by molar-refractivity contribution is 5.80. The highest BCUT2D eigenvalue weighted by Crippen LogP contribution is 2.54. The summed E-state index contributed by atoms with van der Waals surface area (Å²) in [5, 5.41) is 10.2. The van der Waals surface area contributed by atoms with Crippen LogP contribution in [0.4, 0.5) is 0 Å². The van der Waals surface area contributed by atoms with Crippen molar-refractivity contribution in [3.8, 4) is 0 Å². The number of hydrogen-bond donors (Lipinski definition) is 1. The smallest absolute Gasteiger partial charge is 0.228 e. The summed E-state index contributed by atoms with van der Waals surface area (Å²) >= 11 is 0. The summed E-state index contributed by atoms with van der Waals surface area (Å²) in [4.78, 5) is 25.9. The number of benzene rings is 1. The average Bonchev–Trinajstić information content (AvgIpc) is 2.77. The number of aromatic nitrogens is 2. The Balaban J connectivity index is 1.38. The van der Waals surface area contributed by atoms with Gasteiger partial charge in [-0.15, -0.1) is 0 Å². The van der Waals surface area contributed by atoms with Crippen LogP contribution in [0.15, 0.2) is 79.1 Å². The predicted molar refractivity (Wildman–Crippen MR) is 117 cm³/mol. The van der Waals surface area contributed by atoms with Gasteiger partial charge in [-0.3, -0.25) is 19.7 Å². The maximum atomic E-state index is 12.9. The van der Waals surface area contributed by atoms with Gasteiger partial charge in [0, 0.05) is 49.7 Å². The summed E-state index contributed by atoms with van der Waals surface area (Å²) < 4.78 is 0. The predicted octanol–water partition coefficient (Wildman–Crippen LogP) is 2.26. The van der Waals surface area contributed by atoms with Gasteiger partial charge in [0.25, 0.3) is 0 Å². The number of pyridine rings is 2. The first-order valence-corrected chi connectivity index (χ1v) is 10.7. The quantitative estimate of drug-likeness (QED) is 0.670. The van der Waals surface area contributed by atoms with Crippen molar-refractivity contribution < 1.29 is 9.90 Å². The van der Waals surface area contributed by atoms with Crippen molar-refractivity contribution in [3.63, 3.8) is 0 Å². The summed E-state index contributed by atoms with van der Waals surface area (Å²) in [5.74, 6) is 0.280. The summed E-state index contributed by atoms with van der Waals surface area (Å²) in [6, 6.07) is 21.9. The third-order valence-electron chi connectivity index (χ3n) is 6.68. The number of aliphatic hydroxyl groups is 1. The largest absolute Gasteiger partial charge is 0.395 e. The molecule has 1 aromatic carbocycles. The monoisotopic (exact) mass is 414 g/mol. The first kappa shape index (κ1) is 19.8. The second kappa shape index (κ2) is 8.21. The third-order valence-corrected chi connectivity index (χ3v) is 6.68. The van der Waals surface area contributed by atoms with E-state index < -0.39 is 0 Å². The van der Waals surface area contributed by atoms with Gasteiger partial charge in [-0.1, -0.05) is 42.5 Å². The molecule has 2 atom stereocenters. The number of likely N-dealkylation sites (tertiary alicyclic amines) is 2. The van der Waals surface area contributed by atoms with Crippen LogP contribution in [0.5, 0.6) is 0 Å². The minimum absolute atomic E-state index is 0.0115. The number of carbonyl (C=O) groups excluding carboxylic acids is 1. The van der Waals surface area contributed by atoms with E-state index in [1.54, 1.807) is 12.4 Å². The van der Waals surface area contributed by atoms with Gasteiger partial charge in [0.05, 0.1) is 24.3 Å². The van der Waals surface area contributed by atoms with Crippen molar-refractivity contribution in [2.75, 3.05) is 19.7 Å². The molecule has 158 valence electrons. The van der Waals surface area contributed by atoms with E-state index in [4.69, 9.17) is 0 Å². The number of hydrogen-bond acceptors (Lipinski definition) is 5. The zero-order valence-electron chi connectivity index (χ0n) is 17.3. The SMILES string of the molecule is O=C(Cc1ccccn1)N1CC2(C1)[C@H](c1ccccc1)[C@H](CO)N2Cc1ccccn1. The van der Waals surface area contributed by atoms with Gasteiger partial charge < -0.3 is 10.0 Å². The van der Waals surface area contributed by atoms with Crippen molar-refractivity contribution in [1.29, 1.82) is 0 Å². The number of carbonyl (C=O) groups is 1. The van der Waals surface area contributed by atoms with Gasteiger partial charge in [0.15, 0.2) is 0 Å². The average molecular weight is 415 g/mol. The lowest BCUT2D eigenvalue weighted by Gasteiger charge is -2.70. The number of rotatable bonds is 6. The van der Waals surface area contributed by atoms with Crippen molar-refractivity contribution in [2.45, 2.75) is 30.5 Å². The standard InChI is InChI=1S/C25H26N4O2/c30-16-22-24(19-8-2-1-3-9-19)25(29(22)15-21-11-5-7-13-27-21)17-28(18-25)23(31)14-20-10-4-6-12-26-20/h1-13,22,24,30H,14-18H2/t22-,24+/m0/s1. The van der Waals surface area contributed by atoms with Crippen LogP contribution in [-0.4, -0.2) is 62.1 Å². The molecule has 4 heterocycles. The van der Waals surface area contributed by atoms with Gasteiger partial charge in [0.2, 0.25) is 5.91 Å². The molecule has 0 saturated carbocycles. The van der Waals surface area contributed by atoms with E-state index >= 15 is 0 Å². The van der Waals surface area contributed by atoms with Crippen molar-refractivity contribution in [3.05, 3.63) is 96.1 Å². The van der Waals surface area contributed by atoms with E-state index in [9.17, 15) is 9.90 Å². The second-order valence-corrected chi connectivity index (χ2v) is 8.44. The van der Waals surface area contributed by atoms with E-state index in [1.807, 2.05) is 59.5 Å². The van der Waals surface area contributed by atoms with Gasteiger partial charge in [-0.2, -0.15) is 0 Å². The number of aliphatic hydroxyl groups excluding tert-OH is 1. The molecule has 6 nitrogen and oxygen atoms in total. The highest BCUT2D eigenvalue weighted by atomic mass is 16.3. The Morgan fingerprint density at radius 1 is 0.935 bits per heavy atom. The minimum atomic E-state index is -0.175. The van der Waals surface area contributed by atoms with Gasteiger partial charge in [-0.05, 0) is 29.8 Å². The van der Waals surface area contributed by atoms with Crippen molar-refractivity contribution >= 4 is 5.91 Å². The van der Waals surface area contributed by atoms with Crippen LogP contribution < -0.4 is 0 Å². The molecule has 1 amide bonds. The Labute approximate surface area is 182 Å². The molecule has 1 N–H and O–H groups in total. The minimum Gasteiger partial charge on any atom is -0.395 e. The fourth-order valence-corrected chi connectivity index (χ4v) is 5.24. The number of amides is 1. The summed E-state index contributed by atoms with van der Waals surface area (Å²) in [6.45, 7) is 2.05. The molecular weight excluding hydrogens is 388 g/mol. The van der Waals surface area contributed by atoms with Crippen molar-refractivity contribution in [2.24, 2.45) is 0 Å². The van der Waals surface area contributed by atoms with Crippen LogP contribution in [0.2, 0.25) is 0 Å². The van der Waals surface area contributed by atoms with Crippen LogP contribution in [0, 0.1) is 0 Å². The highest BCUT2D eigenvalue weighted by Gasteiger charge is 2.66. The maximum absolute atomic E-state index is 12.9. The molecule has 6 heteroatoms. The van der Waals surface area contributed by atoms with Crippen LogP contribution in [-0.2, 0) is 17.8 Å². The Bertz CT molecular complexity index is 1020. The van der Waals surface area contributed by atoms with E-state index in [0.29, 0.717) is 26.1 Å². The van der Waals surface area contributed by atoms with Crippen LogP contribution in [0.3, 0.4) is 0 Å².